The Morgan fingerprint density at radius 2 is 1.56 bits per heavy atom. The molecular weight excluding hydrogens is 404 g/mol. The van der Waals surface area contributed by atoms with E-state index in [9.17, 15) is 9.59 Å². The molecule has 0 saturated heterocycles. The lowest BCUT2D eigenvalue weighted by Crippen LogP contribution is -2.09. The standard InChI is InChI=1S/C23H17BrO3/c1-16-6-8-17(9-7-16)10-15-22(25)18-11-13-19(14-12-18)27-23(26)20-4-2-3-5-21(20)24/h2-15H,1H3/b15-10+. The van der Waals surface area contributed by atoms with Crippen molar-refractivity contribution in [3.05, 3.63) is 106 Å². The first-order chi connectivity index (χ1) is 13.0. The Morgan fingerprint density at radius 3 is 2.22 bits per heavy atom. The number of benzene rings is 3. The van der Waals surface area contributed by atoms with Crippen LogP contribution in [0.3, 0.4) is 0 Å². The zero-order chi connectivity index (χ0) is 19.2. The van der Waals surface area contributed by atoms with Crippen molar-refractivity contribution < 1.29 is 14.3 Å². The van der Waals surface area contributed by atoms with Gasteiger partial charge in [-0.2, -0.15) is 0 Å². The summed E-state index contributed by atoms with van der Waals surface area (Å²) in [6, 6.07) is 21.5. The van der Waals surface area contributed by atoms with Crippen molar-refractivity contribution in [2.75, 3.05) is 0 Å². The molecule has 4 heteroatoms. The lowest BCUT2D eigenvalue weighted by molar-refractivity contribution is 0.0733. The van der Waals surface area contributed by atoms with Crippen molar-refractivity contribution >= 4 is 33.8 Å². The third-order valence-corrected chi connectivity index (χ3v) is 4.64. The first-order valence-electron chi connectivity index (χ1n) is 8.39. The van der Waals surface area contributed by atoms with E-state index in [1.54, 1.807) is 48.5 Å². The molecule has 3 nitrogen and oxygen atoms in total. The van der Waals surface area contributed by atoms with Crippen LogP contribution in [0.4, 0.5) is 0 Å². The molecule has 0 aliphatic rings. The van der Waals surface area contributed by atoms with E-state index in [0.29, 0.717) is 21.3 Å². The van der Waals surface area contributed by atoms with Gasteiger partial charge in [0, 0.05) is 10.0 Å². The smallest absolute Gasteiger partial charge is 0.344 e. The highest BCUT2D eigenvalue weighted by molar-refractivity contribution is 9.10. The Morgan fingerprint density at radius 1 is 0.889 bits per heavy atom. The van der Waals surface area contributed by atoms with Gasteiger partial charge in [-0.1, -0.05) is 48.0 Å². The quantitative estimate of drug-likeness (QED) is 0.224. The minimum absolute atomic E-state index is 0.112. The average Bonchev–Trinajstić information content (AvgIpc) is 2.68. The largest absolute Gasteiger partial charge is 0.423 e. The van der Waals surface area contributed by atoms with Crippen molar-refractivity contribution in [2.24, 2.45) is 0 Å². The summed E-state index contributed by atoms with van der Waals surface area (Å²) in [6.45, 7) is 2.02. The molecule has 0 N–H and O–H groups in total. The monoisotopic (exact) mass is 420 g/mol. The number of hydrogen-bond donors (Lipinski definition) is 0. The van der Waals surface area contributed by atoms with E-state index in [4.69, 9.17) is 4.74 Å². The third kappa shape index (κ3) is 5.02. The summed E-state index contributed by atoms with van der Waals surface area (Å²) >= 11 is 3.33. The molecule has 0 amide bonds. The number of aryl methyl sites for hydroxylation is 1. The normalized spacial score (nSPS) is 10.7. The molecule has 3 aromatic carbocycles. The van der Waals surface area contributed by atoms with E-state index >= 15 is 0 Å². The van der Waals surface area contributed by atoms with Gasteiger partial charge < -0.3 is 4.74 Å². The first kappa shape index (κ1) is 18.8. The van der Waals surface area contributed by atoms with E-state index in [2.05, 4.69) is 15.9 Å². The van der Waals surface area contributed by atoms with Crippen LogP contribution < -0.4 is 4.74 Å². The molecular formula is C23H17BrO3. The number of ether oxygens (including phenoxy) is 1. The summed E-state index contributed by atoms with van der Waals surface area (Å²) in [6.07, 6.45) is 3.31. The summed E-state index contributed by atoms with van der Waals surface area (Å²) in [5, 5.41) is 0. The first-order valence-corrected chi connectivity index (χ1v) is 9.18. The molecule has 0 aliphatic carbocycles. The lowest BCUT2D eigenvalue weighted by Gasteiger charge is -2.06. The van der Waals surface area contributed by atoms with Gasteiger partial charge in [0.25, 0.3) is 0 Å². The summed E-state index contributed by atoms with van der Waals surface area (Å²) in [4.78, 5) is 24.5. The summed E-state index contributed by atoms with van der Waals surface area (Å²) < 4.78 is 6.03. The predicted molar refractivity (Wildman–Crippen MR) is 110 cm³/mol. The molecule has 0 unspecified atom stereocenters. The summed E-state index contributed by atoms with van der Waals surface area (Å²) in [7, 11) is 0. The van der Waals surface area contributed by atoms with E-state index in [0.717, 1.165) is 5.56 Å². The molecule has 0 spiro atoms. The van der Waals surface area contributed by atoms with Crippen LogP contribution in [0.1, 0.15) is 31.8 Å². The molecule has 0 bridgehead atoms. The molecule has 0 radical (unpaired) electrons. The molecule has 0 heterocycles. The maximum atomic E-state index is 12.3. The topological polar surface area (TPSA) is 43.4 Å². The number of hydrogen-bond acceptors (Lipinski definition) is 3. The second kappa shape index (κ2) is 8.60. The average molecular weight is 421 g/mol. The number of rotatable bonds is 5. The second-order valence-electron chi connectivity index (χ2n) is 6.00. The van der Waals surface area contributed by atoms with Crippen LogP contribution in [-0.4, -0.2) is 11.8 Å². The molecule has 3 aromatic rings. The Kier molecular flexibility index (Phi) is 5.99. The molecule has 0 fully saturated rings. The second-order valence-corrected chi connectivity index (χ2v) is 6.86. The number of esters is 1. The van der Waals surface area contributed by atoms with Gasteiger partial charge in [-0.3, -0.25) is 4.79 Å². The Bertz CT molecular complexity index is 987. The molecule has 0 aromatic heterocycles. The minimum atomic E-state index is -0.458. The number of halogens is 1. The fraction of sp³-hybridized carbons (Fsp3) is 0.0435. The van der Waals surface area contributed by atoms with Gasteiger partial charge in [0.2, 0.25) is 0 Å². The summed E-state index contributed by atoms with van der Waals surface area (Å²) in [5.41, 5.74) is 3.11. The zero-order valence-electron chi connectivity index (χ0n) is 14.7. The van der Waals surface area contributed by atoms with Crippen LogP contribution in [0, 0.1) is 6.92 Å². The maximum absolute atomic E-state index is 12.3. The SMILES string of the molecule is Cc1ccc(/C=C/C(=O)c2ccc(OC(=O)c3ccccc3Br)cc2)cc1. The van der Waals surface area contributed by atoms with E-state index in [1.807, 2.05) is 37.3 Å². The van der Waals surface area contributed by atoms with Crippen molar-refractivity contribution in [3.8, 4) is 5.75 Å². The number of allylic oxidation sites excluding steroid dienone is 1. The molecule has 0 atom stereocenters. The highest BCUT2D eigenvalue weighted by Crippen LogP contribution is 2.20. The van der Waals surface area contributed by atoms with E-state index < -0.39 is 5.97 Å². The lowest BCUT2D eigenvalue weighted by atomic mass is 10.1. The highest BCUT2D eigenvalue weighted by atomic mass is 79.9. The fourth-order valence-electron chi connectivity index (χ4n) is 2.42. The number of ketones is 1. The minimum Gasteiger partial charge on any atom is -0.423 e. The third-order valence-electron chi connectivity index (χ3n) is 3.95. The maximum Gasteiger partial charge on any atom is 0.344 e. The Balaban J connectivity index is 1.66. The highest BCUT2D eigenvalue weighted by Gasteiger charge is 2.12. The van der Waals surface area contributed by atoms with Crippen molar-refractivity contribution in [3.63, 3.8) is 0 Å². The van der Waals surface area contributed by atoms with Crippen LogP contribution in [-0.2, 0) is 0 Å². The molecule has 0 saturated carbocycles. The van der Waals surface area contributed by atoms with Crippen molar-refractivity contribution in [2.45, 2.75) is 6.92 Å². The van der Waals surface area contributed by atoms with Crippen LogP contribution in [0.5, 0.6) is 5.75 Å². The van der Waals surface area contributed by atoms with Gasteiger partial charge in [0.15, 0.2) is 5.78 Å². The van der Waals surface area contributed by atoms with Gasteiger partial charge >= 0.3 is 5.97 Å². The van der Waals surface area contributed by atoms with Gasteiger partial charge in [-0.15, -0.1) is 0 Å². The van der Waals surface area contributed by atoms with Crippen molar-refractivity contribution in [1.82, 2.24) is 0 Å². The van der Waals surface area contributed by atoms with E-state index in [-0.39, 0.29) is 5.78 Å². The summed E-state index contributed by atoms with van der Waals surface area (Å²) in [5.74, 6) is -0.185. The van der Waals surface area contributed by atoms with E-state index in [1.165, 1.54) is 11.6 Å². The zero-order valence-corrected chi connectivity index (χ0v) is 16.3. The number of carbonyl (C=O) groups excluding carboxylic acids is 2. The molecule has 3 rings (SSSR count). The van der Waals surface area contributed by atoms with Gasteiger partial charge in [-0.25, -0.2) is 4.79 Å². The van der Waals surface area contributed by atoms with Crippen LogP contribution in [0.15, 0.2) is 83.3 Å². The molecule has 0 aliphatic heterocycles. The van der Waals surface area contributed by atoms with Crippen LogP contribution in [0.25, 0.3) is 6.08 Å². The predicted octanol–water partition coefficient (Wildman–Crippen LogP) is 5.87. The van der Waals surface area contributed by atoms with Gasteiger partial charge in [0.05, 0.1) is 5.56 Å². The van der Waals surface area contributed by atoms with Crippen LogP contribution >= 0.6 is 15.9 Å². The van der Waals surface area contributed by atoms with Gasteiger partial charge in [0.1, 0.15) is 5.75 Å². The molecule has 134 valence electrons. The van der Waals surface area contributed by atoms with Crippen LogP contribution in [0.2, 0.25) is 0 Å². The Hall–Kier alpha value is -2.98. The number of carbonyl (C=O) groups is 2. The van der Waals surface area contributed by atoms with Crippen molar-refractivity contribution in [1.29, 1.82) is 0 Å². The Labute approximate surface area is 166 Å². The molecule has 27 heavy (non-hydrogen) atoms. The fourth-order valence-corrected chi connectivity index (χ4v) is 2.87. The van der Waals surface area contributed by atoms with Gasteiger partial charge in [-0.05, 0) is 70.9 Å².